The fourth-order valence-electron chi connectivity index (χ4n) is 4.49. The second kappa shape index (κ2) is 8.13. The van der Waals surface area contributed by atoms with Gasteiger partial charge >= 0.3 is 0 Å². The molecule has 4 rings (SSSR count). The zero-order valence-electron chi connectivity index (χ0n) is 16.3. The Morgan fingerprint density at radius 2 is 2.18 bits per heavy atom. The number of anilines is 1. The third-order valence-electron chi connectivity index (χ3n) is 5.94. The highest BCUT2D eigenvalue weighted by molar-refractivity contribution is 7.09. The Balaban J connectivity index is 1.33. The van der Waals surface area contributed by atoms with Crippen molar-refractivity contribution in [3.05, 3.63) is 34.7 Å². The first-order valence-electron chi connectivity index (χ1n) is 9.91. The largest absolute Gasteiger partial charge is 0.391 e. The molecule has 1 atom stereocenters. The first-order valence-corrected chi connectivity index (χ1v) is 10.8. The van der Waals surface area contributed by atoms with E-state index in [0.717, 1.165) is 55.4 Å². The van der Waals surface area contributed by atoms with Crippen molar-refractivity contribution in [2.24, 2.45) is 5.41 Å². The molecule has 2 aromatic rings. The van der Waals surface area contributed by atoms with Gasteiger partial charge in [0.1, 0.15) is 5.82 Å². The Morgan fingerprint density at radius 1 is 1.36 bits per heavy atom. The molecule has 2 aliphatic heterocycles. The van der Waals surface area contributed by atoms with E-state index in [9.17, 15) is 9.90 Å². The van der Waals surface area contributed by atoms with Gasteiger partial charge in [-0.05, 0) is 38.0 Å². The number of likely N-dealkylation sites (tertiary alicyclic amines) is 1. The number of hydrogen-bond donors (Lipinski definition) is 1. The first-order chi connectivity index (χ1) is 13.5. The lowest BCUT2D eigenvalue weighted by Crippen LogP contribution is -2.54. The molecule has 1 spiro atoms. The number of carbonyl (C=O) groups excluding carboxylic acids is 1. The van der Waals surface area contributed by atoms with Crippen LogP contribution in [0.1, 0.15) is 36.4 Å². The van der Waals surface area contributed by atoms with Gasteiger partial charge in [-0.2, -0.15) is 0 Å². The first kappa shape index (κ1) is 19.3. The summed E-state index contributed by atoms with van der Waals surface area (Å²) in [5.74, 6) is 1.03. The van der Waals surface area contributed by atoms with Crippen LogP contribution in [0.3, 0.4) is 0 Å². The van der Waals surface area contributed by atoms with E-state index in [1.807, 2.05) is 17.2 Å². The average Bonchev–Trinajstić information content (AvgIpc) is 3.12. The van der Waals surface area contributed by atoms with Gasteiger partial charge in [-0.1, -0.05) is 0 Å². The molecule has 28 heavy (non-hydrogen) atoms. The standard InChI is InChI=1S/C20H27N5O2S/c1-15-23-16(13-28-15)2-3-19(27)24-8-4-20(5-9-24)10-17(26)12-25(14-20)18-11-21-6-7-22-18/h6-7,11,13,17,26H,2-5,8-10,12,14H2,1H3. The van der Waals surface area contributed by atoms with Crippen molar-refractivity contribution in [3.63, 3.8) is 0 Å². The number of thiazole rings is 1. The van der Waals surface area contributed by atoms with Crippen LogP contribution >= 0.6 is 11.3 Å². The maximum absolute atomic E-state index is 12.6. The highest BCUT2D eigenvalue weighted by Gasteiger charge is 2.42. The van der Waals surface area contributed by atoms with Crippen molar-refractivity contribution in [1.82, 2.24) is 19.9 Å². The summed E-state index contributed by atoms with van der Waals surface area (Å²) in [5.41, 5.74) is 1.05. The van der Waals surface area contributed by atoms with E-state index < -0.39 is 0 Å². The number of aryl methyl sites for hydroxylation is 2. The monoisotopic (exact) mass is 401 g/mol. The minimum Gasteiger partial charge on any atom is -0.391 e. The summed E-state index contributed by atoms with van der Waals surface area (Å²) in [7, 11) is 0. The Morgan fingerprint density at radius 3 is 2.86 bits per heavy atom. The van der Waals surface area contributed by atoms with Crippen molar-refractivity contribution < 1.29 is 9.90 Å². The third-order valence-corrected chi connectivity index (χ3v) is 6.76. The number of β-amino-alcohol motifs (C(OH)–C–C–N with tert-alkyl or cyclic N) is 1. The molecule has 0 saturated carbocycles. The summed E-state index contributed by atoms with van der Waals surface area (Å²) in [6, 6.07) is 0. The third kappa shape index (κ3) is 4.33. The van der Waals surface area contributed by atoms with Crippen molar-refractivity contribution in [1.29, 1.82) is 0 Å². The van der Waals surface area contributed by atoms with Gasteiger partial charge in [0.15, 0.2) is 0 Å². The van der Waals surface area contributed by atoms with Crippen molar-refractivity contribution >= 4 is 23.1 Å². The molecule has 4 heterocycles. The molecule has 1 N–H and O–H groups in total. The fourth-order valence-corrected chi connectivity index (χ4v) is 5.14. The summed E-state index contributed by atoms with van der Waals surface area (Å²) < 4.78 is 0. The van der Waals surface area contributed by atoms with Crippen LogP contribution in [0.4, 0.5) is 5.82 Å². The van der Waals surface area contributed by atoms with E-state index in [2.05, 4.69) is 19.9 Å². The van der Waals surface area contributed by atoms with Crippen LogP contribution in [-0.2, 0) is 11.2 Å². The molecule has 0 radical (unpaired) electrons. The van der Waals surface area contributed by atoms with Crippen molar-refractivity contribution in [3.8, 4) is 0 Å². The van der Waals surface area contributed by atoms with Crippen molar-refractivity contribution in [2.75, 3.05) is 31.1 Å². The van der Waals surface area contributed by atoms with Gasteiger partial charge in [0, 0.05) is 50.4 Å². The van der Waals surface area contributed by atoms with Crippen LogP contribution in [0, 0.1) is 12.3 Å². The van der Waals surface area contributed by atoms with E-state index in [4.69, 9.17) is 0 Å². The second-order valence-corrected chi connectivity index (χ2v) is 9.10. The molecule has 0 aromatic carbocycles. The molecular weight excluding hydrogens is 374 g/mol. The van der Waals surface area contributed by atoms with Crippen LogP contribution in [0.15, 0.2) is 24.0 Å². The normalized spacial score (nSPS) is 21.9. The lowest BCUT2D eigenvalue weighted by atomic mass is 9.71. The van der Waals surface area contributed by atoms with Gasteiger partial charge in [-0.15, -0.1) is 11.3 Å². The minimum absolute atomic E-state index is 0.0397. The van der Waals surface area contributed by atoms with Crippen molar-refractivity contribution in [2.45, 2.75) is 45.1 Å². The van der Waals surface area contributed by atoms with Gasteiger partial charge in [-0.25, -0.2) is 9.97 Å². The molecule has 1 unspecified atom stereocenters. The Labute approximate surface area is 169 Å². The molecule has 2 fully saturated rings. The highest BCUT2D eigenvalue weighted by atomic mass is 32.1. The van der Waals surface area contributed by atoms with E-state index in [1.54, 1.807) is 29.9 Å². The molecule has 1 amide bonds. The van der Waals surface area contributed by atoms with Gasteiger partial charge in [0.2, 0.25) is 5.91 Å². The van der Waals surface area contributed by atoms with Crippen LogP contribution in [0.2, 0.25) is 0 Å². The predicted octanol–water partition coefficient (Wildman–Crippen LogP) is 2.05. The zero-order chi connectivity index (χ0) is 19.6. The van der Waals surface area contributed by atoms with Crippen LogP contribution in [-0.4, -0.2) is 63.1 Å². The summed E-state index contributed by atoms with van der Waals surface area (Å²) in [5, 5.41) is 13.6. The zero-order valence-corrected chi connectivity index (χ0v) is 17.1. The number of aliphatic hydroxyl groups excluding tert-OH is 1. The SMILES string of the molecule is Cc1nc(CCC(=O)N2CCC3(CC2)CC(O)CN(c2cnccn2)C3)cs1. The van der Waals surface area contributed by atoms with Crippen LogP contribution in [0.5, 0.6) is 0 Å². The maximum Gasteiger partial charge on any atom is 0.222 e. The van der Waals surface area contributed by atoms with E-state index >= 15 is 0 Å². The molecule has 0 aliphatic carbocycles. The highest BCUT2D eigenvalue weighted by Crippen LogP contribution is 2.41. The fraction of sp³-hybridized carbons (Fsp3) is 0.600. The summed E-state index contributed by atoms with van der Waals surface area (Å²) in [6.07, 6.45) is 8.60. The van der Waals surface area contributed by atoms with Crippen LogP contribution in [0.25, 0.3) is 0 Å². The number of piperidine rings is 2. The van der Waals surface area contributed by atoms with Gasteiger partial charge in [0.05, 0.1) is 23.0 Å². The van der Waals surface area contributed by atoms with E-state index in [1.165, 1.54) is 0 Å². The molecule has 8 heteroatoms. The quantitative estimate of drug-likeness (QED) is 0.844. The molecule has 0 bridgehead atoms. The summed E-state index contributed by atoms with van der Waals surface area (Å²) >= 11 is 1.63. The number of aromatic nitrogens is 3. The summed E-state index contributed by atoms with van der Waals surface area (Å²) in [4.78, 5) is 29.7. The van der Waals surface area contributed by atoms with E-state index in [-0.39, 0.29) is 17.4 Å². The predicted molar refractivity (Wildman–Crippen MR) is 108 cm³/mol. The number of carbonyl (C=O) groups is 1. The Bertz CT molecular complexity index is 804. The number of hydrogen-bond acceptors (Lipinski definition) is 7. The van der Waals surface area contributed by atoms with Gasteiger partial charge in [-0.3, -0.25) is 9.78 Å². The summed E-state index contributed by atoms with van der Waals surface area (Å²) in [6.45, 7) is 4.97. The van der Waals surface area contributed by atoms with Gasteiger partial charge in [0.25, 0.3) is 0 Å². The molecule has 150 valence electrons. The topological polar surface area (TPSA) is 82.5 Å². The smallest absolute Gasteiger partial charge is 0.222 e. The molecular formula is C20H27N5O2S. The van der Waals surface area contributed by atoms with Gasteiger partial charge < -0.3 is 14.9 Å². The maximum atomic E-state index is 12.6. The van der Waals surface area contributed by atoms with E-state index in [0.29, 0.717) is 19.4 Å². The lowest BCUT2D eigenvalue weighted by Gasteiger charge is -2.49. The number of amides is 1. The molecule has 2 aromatic heterocycles. The number of aliphatic hydroxyl groups is 1. The Hall–Kier alpha value is -2.06. The Kier molecular flexibility index (Phi) is 5.59. The lowest BCUT2D eigenvalue weighted by molar-refractivity contribution is -0.133. The second-order valence-electron chi connectivity index (χ2n) is 8.04. The molecule has 2 saturated heterocycles. The number of rotatable bonds is 4. The number of nitrogens with zero attached hydrogens (tertiary/aromatic N) is 5. The molecule has 2 aliphatic rings. The average molecular weight is 402 g/mol. The van der Waals surface area contributed by atoms with Crippen LogP contribution < -0.4 is 4.90 Å². The minimum atomic E-state index is -0.370. The molecule has 7 nitrogen and oxygen atoms in total.